The number of aromatic nitrogens is 1. The highest BCUT2D eigenvalue weighted by molar-refractivity contribution is 6.30. The van der Waals surface area contributed by atoms with Gasteiger partial charge in [0.2, 0.25) is 0 Å². The summed E-state index contributed by atoms with van der Waals surface area (Å²) in [6, 6.07) is 11.7. The summed E-state index contributed by atoms with van der Waals surface area (Å²) in [6.07, 6.45) is 3.81. The van der Waals surface area contributed by atoms with Gasteiger partial charge in [-0.05, 0) is 49.6 Å². The van der Waals surface area contributed by atoms with E-state index in [1.807, 2.05) is 37.3 Å². The second-order valence-electron chi connectivity index (χ2n) is 5.45. The average Bonchev–Trinajstić information content (AvgIpc) is 2.46. The lowest BCUT2D eigenvalue weighted by atomic mass is 9.75. The number of nitrogens with one attached hydrogen (secondary N) is 1. The van der Waals surface area contributed by atoms with Gasteiger partial charge >= 0.3 is 0 Å². The van der Waals surface area contributed by atoms with E-state index in [0.29, 0.717) is 11.5 Å². The number of carbonyl (C=O) groups is 1. The van der Waals surface area contributed by atoms with Crippen LogP contribution >= 0.6 is 11.6 Å². The molecule has 3 nitrogen and oxygen atoms in total. The van der Waals surface area contributed by atoms with Crippen LogP contribution in [0.1, 0.15) is 40.4 Å². The largest absolute Gasteiger partial charge is 0.349 e. The van der Waals surface area contributed by atoms with E-state index in [1.54, 1.807) is 12.3 Å². The lowest BCUT2D eigenvalue weighted by Gasteiger charge is -2.37. The third-order valence-corrected chi connectivity index (χ3v) is 4.39. The van der Waals surface area contributed by atoms with Crippen molar-refractivity contribution in [1.82, 2.24) is 10.3 Å². The number of halogens is 1. The van der Waals surface area contributed by atoms with Gasteiger partial charge in [-0.15, -0.1) is 0 Å². The number of carbonyl (C=O) groups excluding carboxylic acids is 1. The van der Waals surface area contributed by atoms with E-state index in [9.17, 15) is 4.79 Å². The van der Waals surface area contributed by atoms with E-state index in [1.165, 1.54) is 5.56 Å². The van der Waals surface area contributed by atoms with E-state index < -0.39 is 0 Å². The second kappa shape index (κ2) is 5.86. The van der Waals surface area contributed by atoms with Crippen molar-refractivity contribution in [3.63, 3.8) is 0 Å². The molecule has 1 aliphatic rings. The maximum atomic E-state index is 12.3. The first kappa shape index (κ1) is 14.1. The van der Waals surface area contributed by atoms with Crippen LogP contribution in [0, 0.1) is 6.92 Å². The normalized spacial score (nSPS) is 20.7. The molecule has 1 amide bonds. The molecule has 3 rings (SSSR count). The van der Waals surface area contributed by atoms with E-state index >= 15 is 0 Å². The molecule has 1 aromatic carbocycles. The Balaban J connectivity index is 1.70. The first-order valence-corrected chi connectivity index (χ1v) is 7.51. The summed E-state index contributed by atoms with van der Waals surface area (Å²) in [7, 11) is 0. The summed E-state index contributed by atoms with van der Waals surface area (Å²) in [5.74, 6) is 0.340. The molecule has 0 bridgehead atoms. The van der Waals surface area contributed by atoms with Crippen molar-refractivity contribution >= 4 is 17.5 Å². The van der Waals surface area contributed by atoms with E-state index in [4.69, 9.17) is 11.6 Å². The van der Waals surface area contributed by atoms with Crippen molar-refractivity contribution < 1.29 is 4.79 Å². The summed E-state index contributed by atoms with van der Waals surface area (Å²) in [5, 5.41) is 3.87. The van der Waals surface area contributed by atoms with Gasteiger partial charge in [-0.1, -0.05) is 23.7 Å². The molecule has 4 heteroatoms. The highest BCUT2D eigenvalue weighted by Crippen LogP contribution is 2.37. The number of pyridine rings is 1. The quantitative estimate of drug-likeness (QED) is 0.938. The highest BCUT2D eigenvalue weighted by atomic mass is 35.5. The monoisotopic (exact) mass is 300 g/mol. The maximum absolute atomic E-state index is 12.3. The molecule has 1 fully saturated rings. The molecule has 1 N–H and O–H groups in total. The average molecular weight is 301 g/mol. The van der Waals surface area contributed by atoms with Crippen LogP contribution in [0.15, 0.2) is 42.6 Å². The molecule has 1 aromatic heterocycles. The van der Waals surface area contributed by atoms with Crippen molar-refractivity contribution in [1.29, 1.82) is 0 Å². The molecular weight excluding hydrogens is 284 g/mol. The van der Waals surface area contributed by atoms with Crippen molar-refractivity contribution in [2.45, 2.75) is 31.7 Å². The second-order valence-corrected chi connectivity index (χ2v) is 5.89. The molecule has 0 spiro atoms. The van der Waals surface area contributed by atoms with Crippen LogP contribution in [-0.2, 0) is 0 Å². The Morgan fingerprint density at radius 3 is 2.62 bits per heavy atom. The van der Waals surface area contributed by atoms with Crippen molar-refractivity contribution in [2.75, 3.05) is 0 Å². The number of aryl methyl sites for hydroxylation is 1. The van der Waals surface area contributed by atoms with Gasteiger partial charge in [0.25, 0.3) is 5.91 Å². The smallest absolute Gasteiger partial charge is 0.253 e. The fourth-order valence-electron chi connectivity index (χ4n) is 2.75. The van der Waals surface area contributed by atoms with E-state index in [0.717, 1.165) is 23.6 Å². The number of hydrogen-bond acceptors (Lipinski definition) is 2. The SMILES string of the molecule is Cc1ncccc1C(=O)NC1CCC1c1ccc(Cl)cc1. The minimum Gasteiger partial charge on any atom is -0.349 e. The number of nitrogens with zero attached hydrogens (tertiary/aromatic N) is 1. The minimum atomic E-state index is -0.0377. The molecule has 2 unspecified atom stereocenters. The molecule has 1 aliphatic carbocycles. The Morgan fingerprint density at radius 2 is 2.00 bits per heavy atom. The lowest BCUT2D eigenvalue weighted by Crippen LogP contribution is -2.45. The van der Waals surface area contributed by atoms with Gasteiger partial charge in [-0.2, -0.15) is 0 Å². The molecular formula is C17H17ClN2O. The first-order chi connectivity index (χ1) is 10.1. The standard InChI is InChI=1S/C17H17ClN2O/c1-11-14(3-2-10-19-11)17(21)20-16-9-8-15(16)12-4-6-13(18)7-5-12/h2-7,10,15-16H,8-9H2,1H3,(H,20,21). The predicted octanol–water partition coefficient (Wildman–Crippen LogP) is 3.72. The number of hydrogen-bond donors (Lipinski definition) is 1. The van der Waals surface area contributed by atoms with Crippen LogP contribution in [0.3, 0.4) is 0 Å². The van der Waals surface area contributed by atoms with Gasteiger partial charge < -0.3 is 5.32 Å². The van der Waals surface area contributed by atoms with Crippen LogP contribution in [-0.4, -0.2) is 16.9 Å². The van der Waals surface area contributed by atoms with Gasteiger partial charge in [0, 0.05) is 28.9 Å². The summed E-state index contributed by atoms with van der Waals surface area (Å²) in [4.78, 5) is 16.5. The summed E-state index contributed by atoms with van der Waals surface area (Å²) >= 11 is 5.92. The Labute approximate surface area is 129 Å². The van der Waals surface area contributed by atoms with Gasteiger partial charge in [-0.25, -0.2) is 0 Å². The van der Waals surface area contributed by atoms with Crippen LogP contribution < -0.4 is 5.32 Å². The van der Waals surface area contributed by atoms with E-state index in [2.05, 4.69) is 10.3 Å². The molecule has 0 aliphatic heterocycles. The molecule has 21 heavy (non-hydrogen) atoms. The predicted molar refractivity (Wildman–Crippen MR) is 83.7 cm³/mol. The number of amides is 1. The van der Waals surface area contributed by atoms with Crippen LogP contribution in [0.4, 0.5) is 0 Å². The topological polar surface area (TPSA) is 42.0 Å². The summed E-state index contributed by atoms with van der Waals surface area (Å²) < 4.78 is 0. The molecule has 2 atom stereocenters. The molecule has 1 heterocycles. The number of benzene rings is 1. The fourth-order valence-corrected chi connectivity index (χ4v) is 2.88. The van der Waals surface area contributed by atoms with Gasteiger partial charge in [-0.3, -0.25) is 9.78 Å². The molecule has 0 radical (unpaired) electrons. The summed E-state index contributed by atoms with van der Waals surface area (Å²) in [5.41, 5.74) is 2.65. The van der Waals surface area contributed by atoms with Crippen LogP contribution in [0.25, 0.3) is 0 Å². The van der Waals surface area contributed by atoms with Gasteiger partial charge in [0.05, 0.1) is 5.56 Å². The molecule has 108 valence electrons. The van der Waals surface area contributed by atoms with Gasteiger partial charge in [0.15, 0.2) is 0 Å². The third kappa shape index (κ3) is 2.93. The zero-order valence-corrected chi connectivity index (χ0v) is 12.6. The zero-order valence-electron chi connectivity index (χ0n) is 11.8. The van der Waals surface area contributed by atoms with Crippen LogP contribution in [0.2, 0.25) is 5.02 Å². The molecule has 0 saturated heterocycles. The van der Waals surface area contributed by atoms with Crippen molar-refractivity contribution in [2.24, 2.45) is 0 Å². The van der Waals surface area contributed by atoms with Crippen LogP contribution in [0.5, 0.6) is 0 Å². The first-order valence-electron chi connectivity index (χ1n) is 7.13. The Kier molecular flexibility index (Phi) is 3.93. The van der Waals surface area contributed by atoms with Crippen molar-refractivity contribution in [3.8, 4) is 0 Å². The molecule has 1 saturated carbocycles. The highest BCUT2D eigenvalue weighted by Gasteiger charge is 2.33. The Morgan fingerprint density at radius 1 is 1.24 bits per heavy atom. The number of rotatable bonds is 3. The third-order valence-electron chi connectivity index (χ3n) is 4.14. The maximum Gasteiger partial charge on any atom is 0.253 e. The Bertz CT molecular complexity index is 654. The fraction of sp³-hybridized carbons (Fsp3) is 0.294. The molecule has 2 aromatic rings. The zero-order chi connectivity index (χ0) is 14.8. The van der Waals surface area contributed by atoms with Gasteiger partial charge in [0.1, 0.15) is 0 Å². The van der Waals surface area contributed by atoms with E-state index in [-0.39, 0.29) is 11.9 Å². The minimum absolute atomic E-state index is 0.0377. The summed E-state index contributed by atoms with van der Waals surface area (Å²) in [6.45, 7) is 1.85. The van der Waals surface area contributed by atoms with Crippen molar-refractivity contribution in [3.05, 3.63) is 64.4 Å². The lowest BCUT2D eigenvalue weighted by molar-refractivity contribution is 0.0903. The Hall–Kier alpha value is -1.87.